The Morgan fingerprint density at radius 1 is 1.39 bits per heavy atom. The van der Waals surface area contributed by atoms with E-state index in [9.17, 15) is 0 Å². The maximum atomic E-state index is 6.41. The molecule has 0 bridgehead atoms. The van der Waals surface area contributed by atoms with Crippen LogP contribution in [0.25, 0.3) is 0 Å². The first-order valence-electron chi connectivity index (χ1n) is 7.52. The fourth-order valence-corrected chi connectivity index (χ4v) is 3.07. The molecule has 2 N–H and O–H groups in total. The van der Waals surface area contributed by atoms with E-state index in [0.717, 1.165) is 6.42 Å². The molecule has 0 amide bonds. The van der Waals surface area contributed by atoms with Gasteiger partial charge in [0.25, 0.3) is 0 Å². The van der Waals surface area contributed by atoms with Crippen molar-refractivity contribution < 1.29 is 0 Å². The van der Waals surface area contributed by atoms with Crippen molar-refractivity contribution in [3.63, 3.8) is 0 Å². The van der Waals surface area contributed by atoms with Crippen LogP contribution < -0.4 is 5.73 Å². The Morgan fingerprint density at radius 3 is 3.11 bits per heavy atom. The Morgan fingerprint density at radius 2 is 2.28 bits per heavy atom. The van der Waals surface area contributed by atoms with E-state index < -0.39 is 0 Å². The van der Waals surface area contributed by atoms with E-state index in [4.69, 9.17) is 5.73 Å². The summed E-state index contributed by atoms with van der Waals surface area (Å²) in [6, 6.07) is 4.57. The third-order valence-corrected chi connectivity index (χ3v) is 4.15. The third-order valence-electron chi connectivity index (χ3n) is 4.15. The largest absolute Gasteiger partial charge is 0.327 e. The highest BCUT2D eigenvalue weighted by atomic mass is 14.7. The summed E-state index contributed by atoms with van der Waals surface area (Å²) in [5.41, 5.74) is 9.12. The summed E-state index contributed by atoms with van der Waals surface area (Å²) in [6.07, 6.45) is 12.0. The molecule has 0 aliphatic heterocycles. The highest BCUT2D eigenvalue weighted by Crippen LogP contribution is 2.33. The molecule has 2 rings (SSSR count). The van der Waals surface area contributed by atoms with Crippen LogP contribution in [0.5, 0.6) is 0 Å². The minimum atomic E-state index is 0.302. The third kappa shape index (κ3) is 3.32. The summed E-state index contributed by atoms with van der Waals surface area (Å²) in [5, 5.41) is 0. The van der Waals surface area contributed by atoms with Gasteiger partial charge < -0.3 is 5.73 Å². The minimum absolute atomic E-state index is 0.302. The van der Waals surface area contributed by atoms with Crippen LogP contribution in [0.1, 0.15) is 69.0 Å². The number of fused-ring (bicyclic) bond motifs is 1. The number of aryl methyl sites for hydroxylation is 1. The molecule has 1 aliphatic rings. The van der Waals surface area contributed by atoms with E-state index in [1.54, 1.807) is 0 Å². The molecule has 0 spiro atoms. The molecule has 0 radical (unpaired) electrons. The van der Waals surface area contributed by atoms with Crippen molar-refractivity contribution in [3.05, 3.63) is 29.6 Å². The van der Waals surface area contributed by atoms with Crippen LogP contribution in [-0.4, -0.2) is 11.0 Å². The quantitative estimate of drug-likeness (QED) is 0.775. The van der Waals surface area contributed by atoms with Crippen molar-refractivity contribution in [1.29, 1.82) is 0 Å². The molecule has 100 valence electrons. The molecule has 1 aromatic rings. The summed E-state index contributed by atoms with van der Waals surface area (Å²) < 4.78 is 0. The van der Waals surface area contributed by atoms with E-state index in [2.05, 4.69) is 18.0 Å². The first-order valence-corrected chi connectivity index (χ1v) is 7.52. The summed E-state index contributed by atoms with van der Waals surface area (Å²) in [5.74, 6) is 0.497. The van der Waals surface area contributed by atoms with Gasteiger partial charge in [-0.2, -0.15) is 0 Å². The average Bonchev–Trinajstić information content (AvgIpc) is 2.43. The lowest BCUT2D eigenvalue weighted by atomic mass is 9.81. The summed E-state index contributed by atoms with van der Waals surface area (Å²) >= 11 is 0. The van der Waals surface area contributed by atoms with E-state index >= 15 is 0 Å². The van der Waals surface area contributed by atoms with Gasteiger partial charge in [0, 0.05) is 23.9 Å². The van der Waals surface area contributed by atoms with Gasteiger partial charge in [-0.25, -0.2) is 0 Å². The van der Waals surface area contributed by atoms with Crippen LogP contribution in [0.15, 0.2) is 18.3 Å². The van der Waals surface area contributed by atoms with E-state index in [-0.39, 0.29) is 0 Å². The lowest BCUT2D eigenvalue weighted by molar-refractivity contribution is 0.418. The number of unbranched alkanes of at least 4 members (excludes halogenated alkanes) is 3. The van der Waals surface area contributed by atoms with E-state index in [0.29, 0.717) is 12.0 Å². The van der Waals surface area contributed by atoms with Crippen LogP contribution in [0, 0.1) is 0 Å². The number of nitrogens with two attached hydrogens (primary N) is 1. The van der Waals surface area contributed by atoms with Gasteiger partial charge in [-0.3, -0.25) is 4.98 Å². The van der Waals surface area contributed by atoms with E-state index in [1.807, 2.05) is 12.3 Å². The molecule has 0 fully saturated rings. The van der Waals surface area contributed by atoms with Crippen molar-refractivity contribution in [2.45, 2.75) is 70.3 Å². The van der Waals surface area contributed by atoms with Gasteiger partial charge in [-0.15, -0.1) is 0 Å². The van der Waals surface area contributed by atoms with Gasteiger partial charge in [-0.1, -0.05) is 38.7 Å². The second-order valence-corrected chi connectivity index (χ2v) is 5.56. The second-order valence-electron chi connectivity index (χ2n) is 5.56. The van der Waals surface area contributed by atoms with Crippen molar-refractivity contribution in [3.8, 4) is 0 Å². The van der Waals surface area contributed by atoms with Gasteiger partial charge in [0.15, 0.2) is 0 Å². The monoisotopic (exact) mass is 246 g/mol. The summed E-state index contributed by atoms with van der Waals surface area (Å²) in [4.78, 5) is 4.59. The number of pyridine rings is 1. The van der Waals surface area contributed by atoms with Crippen LogP contribution in [-0.2, 0) is 6.42 Å². The standard InChI is InChI=1S/C16H26N2/c1-2-3-4-5-11-15(17)14-10-6-8-13-9-7-12-18-16(13)14/h7,9,12,14-15H,2-6,8,10-11,17H2,1H3. The molecular formula is C16H26N2. The minimum Gasteiger partial charge on any atom is -0.327 e. The summed E-state index contributed by atoms with van der Waals surface area (Å²) in [7, 11) is 0. The molecule has 2 nitrogen and oxygen atoms in total. The van der Waals surface area contributed by atoms with Crippen molar-refractivity contribution in [1.82, 2.24) is 4.98 Å². The molecule has 18 heavy (non-hydrogen) atoms. The molecular weight excluding hydrogens is 220 g/mol. The maximum absolute atomic E-state index is 6.41. The zero-order valence-corrected chi connectivity index (χ0v) is 11.6. The SMILES string of the molecule is CCCCCCC(N)C1CCCc2cccnc21. The molecule has 0 saturated heterocycles. The normalized spacial score (nSPS) is 20.4. The Balaban J connectivity index is 1.93. The van der Waals surface area contributed by atoms with Gasteiger partial charge in [0.2, 0.25) is 0 Å². The molecule has 0 saturated carbocycles. The molecule has 0 aromatic carbocycles. The predicted octanol–water partition coefficient (Wildman–Crippen LogP) is 3.80. The average molecular weight is 246 g/mol. The van der Waals surface area contributed by atoms with Gasteiger partial charge >= 0.3 is 0 Å². The van der Waals surface area contributed by atoms with Crippen LogP contribution in [0.2, 0.25) is 0 Å². The fourth-order valence-electron chi connectivity index (χ4n) is 3.07. The molecule has 1 aromatic heterocycles. The molecule has 1 heterocycles. The number of nitrogens with zero attached hydrogens (tertiary/aromatic N) is 1. The highest BCUT2D eigenvalue weighted by Gasteiger charge is 2.26. The van der Waals surface area contributed by atoms with Crippen molar-refractivity contribution in [2.24, 2.45) is 5.73 Å². The highest BCUT2D eigenvalue weighted by molar-refractivity contribution is 5.27. The first kappa shape index (κ1) is 13.5. The lowest BCUT2D eigenvalue weighted by Crippen LogP contribution is -2.31. The molecule has 2 unspecified atom stereocenters. The van der Waals surface area contributed by atoms with Gasteiger partial charge in [-0.05, 0) is 37.3 Å². The Kier molecular flexibility index (Phi) is 5.18. The Hall–Kier alpha value is -0.890. The van der Waals surface area contributed by atoms with E-state index in [1.165, 1.54) is 56.2 Å². The van der Waals surface area contributed by atoms with Crippen molar-refractivity contribution in [2.75, 3.05) is 0 Å². The fraction of sp³-hybridized carbons (Fsp3) is 0.688. The molecule has 2 heteroatoms. The van der Waals surface area contributed by atoms with Crippen LogP contribution in [0.3, 0.4) is 0 Å². The number of hydrogen-bond acceptors (Lipinski definition) is 2. The van der Waals surface area contributed by atoms with Crippen LogP contribution in [0.4, 0.5) is 0 Å². The predicted molar refractivity (Wildman–Crippen MR) is 76.7 cm³/mol. The smallest absolute Gasteiger partial charge is 0.0481 e. The number of rotatable bonds is 6. The molecule has 1 aliphatic carbocycles. The van der Waals surface area contributed by atoms with Crippen molar-refractivity contribution >= 4 is 0 Å². The zero-order chi connectivity index (χ0) is 12.8. The zero-order valence-electron chi connectivity index (χ0n) is 11.6. The Labute approximate surface area is 111 Å². The Bertz CT molecular complexity index is 362. The first-order chi connectivity index (χ1) is 8.83. The number of aromatic nitrogens is 1. The van der Waals surface area contributed by atoms with Gasteiger partial charge in [0.05, 0.1) is 0 Å². The topological polar surface area (TPSA) is 38.9 Å². The van der Waals surface area contributed by atoms with Gasteiger partial charge in [0.1, 0.15) is 0 Å². The number of hydrogen-bond donors (Lipinski definition) is 1. The lowest BCUT2D eigenvalue weighted by Gasteiger charge is -2.29. The second kappa shape index (κ2) is 6.89. The molecule has 2 atom stereocenters. The summed E-state index contributed by atoms with van der Waals surface area (Å²) in [6.45, 7) is 2.25. The maximum Gasteiger partial charge on any atom is 0.0481 e. The van der Waals surface area contributed by atoms with Crippen LogP contribution >= 0.6 is 0 Å².